The molecule has 0 rings (SSSR count). The van der Waals surface area contributed by atoms with Crippen molar-refractivity contribution in [2.45, 2.75) is 97.8 Å². The van der Waals surface area contributed by atoms with Gasteiger partial charge in [-0.25, -0.2) is 0 Å². The second-order valence-electron chi connectivity index (χ2n) is 7.47. The van der Waals surface area contributed by atoms with Crippen molar-refractivity contribution in [2.75, 3.05) is 0 Å². The molecule has 0 aliphatic rings. The van der Waals surface area contributed by atoms with Crippen LogP contribution < -0.4 is 0 Å². The van der Waals surface area contributed by atoms with Crippen molar-refractivity contribution in [1.29, 1.82) is 0 Å². The molecule has 0 fully saturated rings. The fourth-order valence-corrected chi connectivity index (χ4v) is 3.18. The van der Waals surface area contributed by atoms with E-state index < -0.39 is 0 Å². The van der Waals surface area contributed by atoms with E-state index in [0.29, 0.717) is 5.41 Å². The summed E-state index contributed by atoms with van der Waals surface area (Å²) in [5, 5.41) is 0. The van der Waals surface area contributed by atoms with Gasteiger partial charge in [0.15, 0.2) is 0 Å². The lowest BCUT2D eigenvalue weighted by molar-refractivity contribution is 0.269. The minimum absolute atomic E-state index is 0.544. The maximum absolute atomic E-state index is 3.84. The van der Waals surface area contributed by atoms with Gasteiger partial charge in [-0.2, -0.15) is 0 Å². The van der Waals surface area contributed by atoms with Crippen LogP contribution in [0.4, 0.5) is 0 Å². The van der Waals surface area contributed by atoms with Crippen molar-refractivity contribution in [3.8, 4) is 0 Å². The first-order valence-electron chi connectivity index (χ1n) is 9.27. The first-order chi connectivity index (χ1) is 10.1. The van der Waals surface area contributed by atoms with Crippen LogP contribution in [0.2, 0.25) is 0 Å². The second-order valence-corrected chi connectivity index (χ2v) is 7.47. The summed E-state index contributed by atoms with van der Waals surface area (Å²) >= 11 is 0. The van der Waals surface area contributed by atoms with Crippen molar-refractivity contribution in [1.82, 2.24) is 0 Å². The molecule has 0 amide bonds. The van der Waals surface area contributed by atoms with Gasteiger partial charge in [-0.05, 0) is 49.9 Å². The van der Waals surface area contributed by atoms with E-state index in [1.807, 2.05) is 0 Å². The maximum Gasteiger partial charge on any atom is -0.0353 e. The van der Waals surface area contributed by atoms with Gasteiger partial charge in [0.2, 0.25) is 0 Å². The van der Waals surface area contributed by atoms with Gasteiger partial charge >= 0.3 is 0 Å². The van der Waals surface area contributed by atoms with Crippen LogP contribution in [0, 0.1) is 11.3 Å². The minimum atomic E-state index is 0.544. The zero-order valence-electron chi connectivity index (χ0n) is 15.1. The van der Waals surface area contributed by atoms with Crippen molar-refractivity contribution >= 4 is 0 Å². The van der Waals surface area contributed by atoms with E-state index >= 15 is 0 Å². The molecule has 0 heteroatoms. The fraction of sp³-hybridized carbons (Fsp3) is 0.810. The number of unbranched alkanes of at least 4 members (excludes halogenated alkanes) is 3. The molecular formula is C21H40. The smallest absolute Gasteiger partial charge is 0.0353 e. The van der Waals surface area contributed by atoms with Crippen LogP contribution in [0.25, 0.3) is 0 Å². The highest BCUT2D eigenvalue weighted by Gasteiger charge is 2.17. The normalized spacial score (nSPS) is 11.8. The molecule has 0 aromatic heterocycles. The van der Waals surface area contributed by atoms with E-state index in [1.165, 1.54) is 77.0 Å². The molecule has 0 radical (unpaired) electrons. The third-order valence-electron chi connectivity index (χ3n) is 4.71. The monoisotopic (exact) mass is 292 g/mol. The largest absolute Gasteiger partial charge is 0.103 e. The number of rotatable bonds is 15. The Bertz CT molecular complexity index is 235. The van der Waals surface area contributed by atoms with Gasteiger partial charge in [0.1, 0.15) is 0 Å². The first kappa shape index (κ1) is 20.5. The zero-order valence-corrected chi connectivity index (χ0v) is 15.1. The summed E-state index contributed by atoms with van der Waals surface area (Å²) in [5.41, 5.74) is 0.544. The second kappa shape index (κ2) is 13.2. The van der Waals surface area contributed by atoms with Crippen molar-refractivity contribution in [2.24, 2.45) is 11.3 Å². The van der Waals surface area contributed by atoms with Gasteiger partial charge in [0, 0.05) is 0 Å². The Kier molecular flexibility index (Phi) is 12.8. The van der Waals surface area contributed by atoms with Crippen LogP contribution >= 0.6 is 0 Å². The topological polar surface area (TPSA) is 0 Å². The summed E-state index contributed by atoms with van der Waals surface area (Å²) < 4.78 is 0. The van der Waals surface area contributed by atoms with Gasteiger partial charge in [0.05, 0.1) is 0 Å². The summed E-state index contributed by atoms with van der Waals surface area (Å²) in [6.45, 7) is 14.9. The molecule has 0 heterocycles. The molecule has 0 aliphatic carbocycles. The third kappa shape index (κ3) is 12.9. The Hall–Kier alpha value is -0.520. The summed E-state index contributed by atoms with van der Waals surface area (Å²) in [5.74, 6) is 0.923. The molecular weight excluding hydrogens is 252 g/mol. The Morgan fingerprint density at radius 1 is 0.810 bits per heavy atom. The van der Waals surface area contributed by atoms with E-state index in [2.05, 4.69) is 46.1 Å². The molecule has 0 bridgehead atoms. The Labute approximate surface area is 135 Å². The van der Waals surface area contributed by atoms with E-state index in [1.54, 1.807) is 0 Å². The van der Waals surface area contributed by atoms with Gasteiger partial charge in [-0.1, -0.05) is 71.4 Å². The average molecular weight is 293 g/mol. The molecule has 0 aromatic rings. The summed E-state index contributed by atoms with van der Waals surface area (Å²) in [4.78, 5) is 0. The van der Waals surface area contributed by atoms with Crippen LogP contribution in [0.15, 0.2) is 25.3 Å². The molecule has 0 unspecified atom stereocenters. The summed E-state index contributed by atoms with van der Waals surface area (Å²) in [6, 6.07) is 0. The molecule has 0 aliphatic heterocycles. The van der Waals surface area contributed by atoms with Crippen LogP contribution in [0.3, 0.4) is 0 Å². The highest BCUT2D eigenvalue weighted by Crippen LogP contribution is 2.32. The standard InChI is InChI=1S/C21H40/c1-6-9-12-15-20(16-13-10-7-2)17-14-19-21(4,5)18-11-8-3/h6-7,20H,1-2,8-19H2,3-5H3. The molecule has 0 aromatic carbocycles. The molecule has 0 N–H and O–H groups in total. The maximum atomic E-state index is 3.84. The van der Waals surface area contributed by atoms with Gasteiger partial charge in [-0.15, -0.1) is 13.2 Å². The predicted octanol–water partition coefficient (Wildman–Crippen LogP) is 7.70. The lowest BCUT2D eigenvalue weighted by atomic mass is 9.80. The fourth-order valence-electron chi connectivity index (χ4n) is 3.18. The van der Waals surface area contributed by atoms with Crippen LogP contribution in [-0.2, 0) is 0 Å². The number of allylic oxidation sites excluding steroid dienone is 2. The van der Waals surface area contributed by atoms with E-state index in [0.717, 1.165) is 5.92 Å². The Balaban J connectivity index is 4.01. The average Bonchev–Trinajstić information content (AvgIpc) is 2.45. The Morgan fingerprint density at radius 2 is 1.29 bits per heavy atom. The number of hydrogen-bond donors (Lipinski definition) is 0. The predicted molar refractivity (Wildman–Crippen MR) is 98.7 cm³/mol. The quantitative estimate of drug-likeness (QED) is 0.214. The molecule has 0 atom stereocenters. The van der Waals surface area contributed by atoms with E-state index in [-0.39, 0.29) is 0 Å². The minimum Gasteiger partial charge on any atom is -0.103 e. The lowest BCUT2D eigenvalue weighted by Gasteiger charge is -2.26. The van der Waals surface area contributed by atoms with Crippen LogP contribution in [0.1, 0.15) is 97.8 Å². The van der Waals surface area contributed by atoms with Crippen molar-refractivity contribution < 1.29 is 0 Å². The van der Waals surface area contributed by atoms with E-state index in [4.69, 9.17) is 0 Å². The zero-order chi connectivity index (χ0) is 16.0. The van der Waals surface area contributed by atoms with Gasteiger partial charge < -0.3 is 0 Å². The first-order valence-corrected chi connectivity index (χ1v) is 9.27. The molecule has 0 saturated carbocycles. The third-order valence-corrected chi connectivity index (χ3v) is 4.71. The molecule has 21 heavy (non-hydrogen) atoms. The molecule has 124 valence electrons. The van der Waals surface area contributed by atoms with Gasteiger partial charge in [-0.3, -0.25) is 0 Å². The SMILES string of the molecule is C=CCCCC(CCCC=C)CCCC(C)(C)CCCC. The highest BCUT2D eigenvalue weighted by molar-refractivity contribution is 4.73. The summed E-state index contributed by atoms with van der Waals surface area (Å²) in [6.07, 6.45) is 20.2. The lowest BCUT2D eigenvalue weighted by Crippen LogP contribution is -2.12. The Morgan fingerprint density at radius 3 is 1.76 bits per heavy atom. The van der Waals surface area contributed by atoms with Crippen LogP contribution in [-0.4, -0.2) is 0 Å². The van der Waals surface area contributed by atoms with Gasteiger partial charge in [0.25, 0.3) is 0 Å². The van der Waals surface area contributed by atoms with Crippen molar-refractivity contribution in [3.05, 3.63) is 25.3 Å². The van der Waals surface area contributed by atoms with E-state index in [9.17, 15) is 0 Å². The van der Waals surface area contributed by atoms with Crippen molar-refractivity contribution in [3.63, 3.8) is 0 Å². The highest BCUT2D eigenvalue weighted by atomic mass is 14.2. The molecule has 0 saturated heterocycles. The molecule has 0 spiro atoms. The van der Waals surface area contributed by atoms with Crippen LogP contribution in [0.5, 0.6) is 0 Å². The summed E-state index contributed by atoms with van der Waals surface area (Å²) in [7, 11) is 0. The number of hydrogen-bond acceptors (Lipinski definition) is 0. The molecule has 0 nitrogen and oxygen atoms in total.